The molecule has 3 rings (SSSR count). The molecule has 0 bridgehead atoms. The van der Waals surface area contributed by atoms with Gasteiger partial charge in [-0.15, -0.1) is 0 Å². The maximum Gasteiger partial charge on any atom is 0.324 e. The molecule has 1 aromatic heterocycles. The Morgan fingerprint density at radius 3 is 2.56 bits per heavy atom. The molecule has 10 nitrogen and oxygen atoms in total. The topological polar surface area (TPSA) is 149 Å². The highest BCUT2D eigenvalue weighted by atomic mass is 32.2. The van der Waals surface area contributed by atoms with Crippen LogP contribution in [0.1, 0.15) is 49.1 Å². The third-order valence-electron chi connectivity index (χ3n) is 6.15. The third kappa shape index (κ3) is 6.39. The fourth-order valence-corrected chi connectivity index (χ4v) is 5.08. The van der Waals surface area contributed by atoms with Crippen LogP contribution in [-0.2, 0) is 34.1 Å². The van der Waals surface area contributed by atoms with Gasteiger partial charge in [-0.25, -0.2) is 13.2 Å². The molecule has 1 aliphatic heterocycles. The number of hydrogen-bond acceptors (Lipinski definition) is 6. The number of sulfonamides is 1. The van der Waals surface area contributed by atoms with Crippen molar-refractivity contribution in [1.29, 1.82) is 0 Å². The first-order chi connectivity index (χ1) is 15.1. The summed E-state index contributed by atoms with van der Waals surface area (Å²) in [6, 6.07) is 2.27. The van der Waals surface area contributed by atoms with E-state index in [0.717, 1.165) is 37.6 Å². The number of carbonyl (C=O) groups is 2. The minimum Gasteiger partial charge on any atom is -0.480 e. The van der Waals surface area contributed by atoms with Gasteiger partial charge in [0.25, 0.3) is 0 Å². The zero-order chi connectivity index (χ0) is 23.4. The predicted octanol–water partition coefficient (Wildman–Crippen LogP) is 0.432. The number of carboxylic acids is 1. The quantitative estimate of drug-likeness (QED) is 0.404. The molecule has 1 unspecified atom stereocenters. The van der Waals surface area contributed by atoms with Gasteiger partial charge in [0, 0.05) is 31.0 Å². The van der Waals surface area contributed by atoms with Crippen LogP contribution in [0.25, 0.3) is 0 Å². The summed E-state index contributed by atoms with van der Waals surface area (Å²) >= 11 is 0. The predicted molar refractivity (Wildman–Crippen MR) is 118 cm³/mol. The lowest BCUT2D eigenvalue weighted by Gasteiger charge is -2.41. The molecule has 1 aliphatic carbocycles. The number of urea groups is 1. The molecule has 1 atom stereocenters. The Bertz CT molecular complexity index is 944. The van der Waals surface area contributed by atoms with E-state index in [4.69, 9.17) is 4.98 Å². The lowest BCUT2D eigenvalue weighted by atomic mass is 9.85. The number of aliphatic carboxylic acids is 1. The van der Waals surface area contributed by atoms with Gasteiger partial charge in [0.1, 0.15) is 6.04 Å². The molecule has 2 amide bonds. The molecule has 1 fully saturated rings. The SMILES string of the molecule is CS(=O)(=O)NC(C(=O)O)C1(O)CCN(C(=O)NCCCc2ccc3c(n2)CCCC3)CC1. The van der Waals surface area contributed by atoms with Crippen molar-refractivity contribution in [2.45, 2.75) is 63.0 Å². The van der Waals surface area contributed by atoms with Gasteiger partial charge in [-0.05, 0) is 63.0 Å². The molecule has 0 saturated carbocycles. The number of carboxylic acid groups (broad SMARTS) is 1. The fraction of sp³-hybridized carbons (Fsp3) is 0.667. The fourth-order valence-electron chi connectivity index (χ4n) is 4.33. The number of nitrogens with zero attached hydrogens (tertiary/aromatic N) is 2. The van der Waals surface area contributed by atoms with E-state index >= 15 is 0 Å². The van der Waals surface area contributed by atoms with Crippen molar-refractivity contribution in [3.63, 3.8) is 0 Å². The lowest BCUT2D eigenvalue weighted by molar-refractivity contribution is -0.148. The van der Waals surface area contributed by atoms with Gasteiger partial charge in [0.15, 0.2) is 0 Å². The second-order valence-electron chi connectivity index (χ2n) is 8.70. The highest BCUT2D eigenvalue weighted by molar-refractivity contribution is 7.88. The number of hydrogen-bond donors (Lipinski definition) is 4. The van der Waals surface area contributed by atoms with Crippen molar-refractivity contribution in [1.82, 2.24) is 19.9 Å². The van der Waals surface area contributed by atoms with E-state index < -0.39 is 27.6 Å². The largest absolute Gasteiger partial charge is 0.480 e. The Morgan fingerprint density at radius 1 is 1.22 bits per heavy atom. The molecule has 178 valence electrons. The van der Waals surface area contributed by atoms with Crippen LogP contribution in [0.3, 0.4) is 0 Å². The first-order valence-electron chi connectivity index (χ1n) is 11.0. The highest BCUT2D eigenvalue weighted by Gasteiger charge is 2.45. The van der Waals surface area contributed by atoms with E-state index in [2.05, 4.69) is 17.4 Å². The molecule has 0 radical (unpaired) electrons. The Kier molecular flexibility index (Phi) is 7.73. The number of piperidine rings is 1. The number of pyridine rings is 1. The van der Waals surface area contributed by atoms with Crippen molar-refractivity contribution in [3.8, 4) is 0 Å². The van der Waals surface area contributed by atoms with E-state index in [-0.39, 0.29) is 32.0 Å². The maximum atomic E-state index is 12.4. The minimum atomic E-state index is -3.82. The zero-order valence-corrected chi connectivity index (χ0v) is 19.2. The van der Waals surface area contributed by atoms with Crippen LogP contribution < -0.4 is 10.0 Å². The number of likely N-dealkylation sites (tertiary alicyclic amines) is 1. The molecule has 1 saturated heterocycles. The first-order valence-corrected chi connectivity index (χ1v) is 12.9. The molecule has 0 aromatic carbocycles. The number of aliphatic hydroxyl groups is 1. The molecule has 4 N–H and O–H groups in total. The van der Waals surface area contributed by atoms with Crippen molar-refractivity contribution in [2.24, 2.45) is 0 Å². The van der Waals surface area contributed by atoms with Gasteiger partial charge in [-0.3, -0.25) is 9.78 Å². The number of rotatable bonds is 8. The van der Waals surface area contributed by atoms with Crippen LogP contribution in [0, 0.1) is 0 Å². The third-order valence-corrected chi connectivity index (χ3v) is 6.82. The Labute approximate surface area is 188 Å². The Hall–Kier alpha value is -2.24. The molecular formula is C21H32N4O6S. The van der Waals surface area contributed by atoms with Gasteiger partial charge in [-0.1, -0.05) is 6.07 Å². The average Bonchev–Trinajstić information content (AvgIpc) is 2.74. The number of aromatic nitrogens is 1. The van der Waals surface area contributed by atoms with Crippen molar-refractivity contribution in [3.05, 3.63) is 29.1 Å². The number of nitrogens with one attached hydrogen (secondary N) is 2. The molecule has 1 aromatic rings. The number of aryl methyl sites for hydroxylation is 3. The second kappa shape index (κ2) is 10.1. The minimum absolute atomic E-state index is 0.0427. The summed E-state index contributed by atoms with van der Waals surface area (Å²) in [4.78, 5) is 30.2. The molecular weight excluding hydrogens is 436 g/mol. The monoisotopic (exact) mass is 468 g/mol. The van der Waals surface area contributed by atoms with E-state index in [1.54, 1.807) is 0 Å². The number of amides is 2. The summed E-state index contributed by atoms with van der Waals surface area (Å²) in [6.45, 7) is 0.736. The van der Waals surface area contributed by atoms with Crippen molar-refractivity contribution < 1.29 is 28.2 Å². The van der Waals surface area contributed by atoms with Gasteiger partial charge in [-0.2, -0.15) is 4.72 Å². The molecule has 2 aliphatic rings. The van der Waals surface area contributed by atoms with E-state index in [0.29, 0.717) is 6.54 Å². The van der Waals surface area contributed by atoms with Crippen LogP contribution in [0.5, 0.6) is 0 Å². The van der Waals surface area contributed by atoms with Crippen LogP contribution in [0.2, 0.25) is 0 Å². The van der Waals surface area contributed by atoms with E-state index in [1.807, 2.05) is 4.72 Å². The van der Waals surface area contributed by atoms with E-state index in [9.17, 15) is 28.2 Å². The molecule has 11 heteroatoms. The lowest BCUT2D eigenvalue weighted by Crippen LogP contribution is -2.61. The average molecular weight is 469 g/mol. The normalized spacial score (nSPS) is 19.1. The van der Waals surface area contributed by atoms with Gasteiger partial charge in [0.2, 0.25) is 10.0 Å². The second-order valence-corrected chi connectivity index (χ2v) is 10.5. The molecule has 0 spiro atoms. The number of carbonyl (C=O) groups excluding carboxylic acids is 1. The van der Waals surface area contributed by atoms with Crippen molar-refractivity contribution in [2.75, 3.05) is 25.9 Å². The van der Waals surface area contributed by atoms with Crippen molar-refractivity contribution >= 4 is 22.0 Å². The van der Waals surface area contributed by atoms with E-state index in [1.165, 1.54) is 29.0 Å². The Morgan fingerprint density at radius 2 is 1.91 bits per heavy atom. The molecule has 2 heterocycles. The Balaban J connectivity index is 1.44. The molecule has 32 heavy (non-hydrogen) atoms. The standard InChI is InChI=1S/C21H32N4O6S/c1-32(30,31)24-18(19(26)27)21(29)10-13-25(14-11-21)20(28)22-12-4-6-16-9-8-15-5-2-3-7-17(15)23-16/h8-9,18,24,29H,2-7,10-14H2,1H3,(H,22,28)(H,26,27). The summed E-state index contributed by atoms with van der Waals surface area (Å²) in [5, 5.41) is 22.9. The number of fused-ring (bicyclic) bond motifs is 1. The van der Waals surface area contributed by atoms with Crippen LogP contribution in [0.15, 0.2) is 12.1 Å². The van der Waals surface area contributed by atoms with Crippen LogP contribution in [-0.4, -0.2) is 78.0 Å². The summed E-state index contributed by atoms with van der Waals surface area (Å²) in [7, 11) is -3.82. The van der Waals surface area contributed by atoms with Gasteiger partial charge < -0.3 is 20.4 Å². The van der Waals surface area contributed by atoms with Gasteiger partial charge in [0.05, 0.1) is 11.9 Å². The zero-order valence-electron chi connectivity index (χ0n) is 18.3. The summed E-state index contributed by atoms with van der Waals surface area (Å²) in [5.74, 6) is -1.45. The van der Waals surface area contributed by atoms with Gasteiger partial charge >= 0.3 is 12.0 Å². The van der Waals surface area contributed by atoms with Crippen LogP contribution >= 0.6 is 0 Å². The first kappa shape index (κ1) is 24.4. The summed E-state index contributed by atoms with van der Waals surface area (Å²) in [6.07, 6.45) is 6.80. The highest BCUT2D eigenvalue weighted by Crippen LogP contribution is 2.27. The van der Waals surface area contributed by atoms with Crippen LogP contribution in [0.4, 0.5) is 4.79 Å². The maximum absolute atomic E-state index is 12.4. The summed E-state index contributed by atoms with van der Waals surface area (Å²) in [5.41, 5.74) is 1.81. The smallest absolute Gasteiger partial charge is 0.324 e. The summed E-state index contributed by atoms with van der Waals surface area (Å²) < 4.78 is 24.9.